The minimum absolute atomic E-state index is 0.143. The molecule has 0 aliphatic heterocycles. The Hall–Kier alpha value is -0.450. The Morgan fingerprint density at radius 2 is 2.12 bits per heavy atom. The van der Waals surface area contributed by atoms with E-state index in [1.54, 1.807) is 11.3 Å². The second-order valence-corrected chi connectivity index (χ2v) is 6.17. The number of nitrogens with one attached hydrogen (secondary N) is 1. The zero-order chi connectivity index (χ0) is 11.7. The lowest BCUT2D eigenvalue weighted by Crippen LogP contribution is -2.47. The first kappa shape index (κ1) is 11.6. The van der Waals surface area contributed by atoms with E-state index in [4.69, 9.17) is 4.74 Å². The third-order valence-corrected chi connectivity index (χ3v) is 5.00. The van der Waals surface area contributed by atoms with Crippen LogP contribution in [-0.2, 0) is 10.3 Å². The molecule has 2 saturated carbocycles. The van der Waals surface area contributed by atoms with Gasteiger partial charge in [0.2, 0.25) is 0 Å². The third-order valence-electron chi connectivity index (χ3n) is 4.02. The summed E-state index contributed by atoms with van der Waals surface area (Å²) in [4.78, 5) is 4.56. The number of methoxy groups -OCH3 is 1. The fourth-order valence-electron chi connectivity index (χ4n) is 2.82. The molecular formula is C13H20N2OS. The zero-order valence-corrected chi connectivity index (χ0v) is 11.1. The fourth-order valence-corrected chi connectivity index (χ4v) is 3.68. The van der Waals surface area contributed by atoms with Gasteiger partial charge in [-0.3, -0.25) is 0 Å². The Kier molecular flexibility index (Phi) is 3.19. The van der Waals surface area contributed by atoms with Crippen LogP contribution >= 0.6 is 11.3 Å². The van der Waals surface area contributed by atoms with Gasteiger partial charge in [0.1, 0.15) is 5.01 Å². The lowest BCUT2D eigenvalue weighted by atomic mass is 9.80. The van der Waals surface area contributed by atoms with Gasteiger partial charge in [-0.1, -0.05) is 0 Å². The first-order valence-corrected chi connectivity index (χ1v) is 7.41. The summed E-state index contributed by atoms with van der Waals surface area (Å²) >= 11 is 1.79. The van der Waals surface area contributed by atoms with Gasteiger partial charge < -0.3 is 10.1 Å². The summed E-state index contributed by atoms with van der Waals surface area (Å²) in [6.07, 6.45) is 9.67. The lowest BCUT2D eigenvalue weighted by molar-refractivity contribution is 0.0397. The molecule has 0 saturated heterocycles. The van der Waals surface area contributed by atoms with Crippen LogP contribution in [0, 0.1) is 0 Å². The number of aromatic nitrogens is 1. The van der Waals surface area contributed by atoms with Crippen LogP contribution in [0.1, 0.15) is 43.5 Å². The maximum Gasteiger partial charge on any atom is 0.113 e. The standard InChI is InChI=1S/C13H20N2OS/c1-16-11-4-6-13(7-5-11,15-10-2-3-10)12-14-8-9-17-12/h8-11,15H,2-7H2,1H3. The number of rotatable bonds is 4. The topological polar surface area (TPSA) is 34.1 Å². The Morgan fingerprint density at radius 3 is 2.65 bits per heavy atom. The first-order valence-electron chi connectivity index (χ1n) is 6.53. The number of ether oxygens (including phenoxy) is 1. The lowest BCUT2D eigenvalue weighted by Gasteiger charge is -2.39. The van der Waals surface area contributed by atoms with Gasteiger partial charge in [0.25, 0.3) is 0 Å². The molecule has 0 bridgehead atoms. The fraction of sp³-hybridized carbons (Fsp3) is 0.769. The van der Waals surface area contributed by atoms with Crippen LogP contribution < -0.4 is 5.32 Å². The quantitative estimate of drug-likeness (QED) is 0.894. The van der Waals surface area contributed by atoms with Gasteiger partial charge >= 0.3 is 0 Å². The summed E-state index contributed by atoms with van der Waals surface area (Å²) in [6, 6.07) is 0.734. The molecule has 0 atom stereocenters. The number of hydrogen-bond donors (Lipinski definition) is 1. The van der Waals surface area contributed by atoms with E-state index >= 15 is 0 Å². The van der Waals surface area contributed by atoms with E-state index in [0.29, 0.717) is 6.10 Å². The summed E-state index contributed by atoms with van der Waals surface area (Å²) in [5.74, 6) is 0. The van der Waals surface area contributed by atoms with Crippen molar-refractivity contribution in [3.8, 4) is 0 Å². The average Bonchev–Trinajstić information content (AvgIpc) is 2.99. The summed E-state index contributed by atoms with van der Waals surface area (Å²) in [7, 11) is 1.83. The summed E-state index contributed by atoms with van der Waals surface area (Å²) < 4.78 is 5.48. The van der Waals surface area contributed by atoms with Gasteiger partial charge in [0, 0.05) is 24.7 Å². The van der Waals surface area contributed by atoms with Crippen molar-refractivity contribution in [2.75, 3.05) is 7.11 Å². The molecule has 0 amide bonds. The van der Waals surface area contributed by atoms with Crippen molar-refractivity contribution in [2.45, 2.75) is 56.2 Å². The molecule has 1 heterocycles. The van der Waals surface area contributed by atoms with Crippen LogP contribution in [0.3, 0.4) is 0 Å². The van der Waals surface area contributed by atoms with Gasteiger partial charge in [0.15, 0.2) is 0 Å². The molecule has 3 nitrogen and oxygen atoms in total. The molecule has 1 aromatic heterocycles. The van der Waals surface area contributed by atoms with E-state index in [1.165, 1.54) is 17.8 Å². The highest BCUT2D eigenvalue weighted by atomic mass is 32.1. The summed E-state index contributed by atoms with van der Waals surface area (Å²) in [6.45, 7) is 0. The molecule has 0 aromatic carbocycles. The second-order valence-electron chi connectivity index (χ2n) is 5.27. The van der Waals surface area contributed by atoms with Gasteiger partial charge in [-0.15, -0.1) is 11.3 Å². The van der Waals surface area contributed by atoms with Gasteiger partial charge in [-0.05, 0) is 38.5 Å². The Balaban J connectivity index is 1.77. The van der Waals surface area contributed by atoms with Crippen LogP contribution in [0.25, 0.3) is 0 Å². The van der Waals surface area contributed by atoms with Crippen LogP contribution in [-0.4, -0.2) is 24.2 Å². The molecule has 17 heavy (non-hydrogen) atoms. The largest absolute Gasteiger partial charge is 0.381 e. The minimum Gasteiger partial charge on any atom is -0.381 e. The highest BCUT2D eigenvalue weighted by molar-refractivity contribution is 7.09. The van der Waals surface area contributed by atoms with Crippen molar-refractivity contribution >= 4 is 11.3 Å². The maximum atomic E-state index is 5.48. The molecule has 3 rings (SSSR count). The van der Waals surface area contributed by atoms with E-state index < -0.39 is 0 Å². The minimum atomic E-state index is 0.143. The predicted molar refractivity (Wildman–Crippen MR) is 69.2 cm³/mol. The van der Waals surface area contributed by atoms with Crippen LogP contribution in [0.4, 0.5) is 0 Å². The van der Waals surface area contributed by atoms with Crippen LogP contribution in [0.5, 0.6) is 0 Å². The Bertz CT molecular complexity index is 354. The number of thiazole rings is 1. The Morgan fingerprint density at radius 1 is 1.35 bits per heavy atom. The third kappa shape index (κ3) is 2.39. The molecular weight excluding hydrogens is 232 g/mol. The summed E-state index contributed by atoms with van der Waals surface area (Å²) in [5, 5.41) is 7.21. The molecule has 0 spiro atoms. The highest BCUT2D eigenvalue weighted by Gasteiger charge is 2.42. The van der Waals surface area contributed by atoms with E-state index in [0.717, 1.165) is 31.7 Å². The van der Waals surface area contributed by atoms with E-state index in [9.17, 15) is 0 Å². The highest BCUT2D eigenvalue weighted by Crippen LogP contribution is 2.41. The normalized spacial score (nSPS) is 33.8. The van der Waals surface area contributed by atoms with Crippen molar-refractivity contribution < 1.29 is 4.74 Å². The second kappa shape index (κ2) is 4.67. The zero-order valence-electron chi connectivity index (χ0n) is 10.3. The van der Waals surface area contributed by atoms with Crippen LogP contribution in [0.2, 0.25) is 0 Å². The van der Waals surface area contributed by atoms with Gasteiger partial charge in [-0.25, -0.2) is 4.98 Å². The van der Waals surface area contributed by atoms with Crippen molar-refractivity contribution in [2.24, 2.45) is 0 Å². The molecule has 0 unspecified atom stereocenters. The van der Waals surface area contributed by atoms with E-state index in [1.807, 2.05) is 13.3 Å². The number of hydrogen-bond acceptors (Lipinski definition) is 4. The van der Waals surface area contributed by atoms with Gasteiger partial charge in [0.05, 0.1) is 11.6 Å². The molecule has 94 valence electrons. The molecule has 0 radical (unpaired) electrons. The van der Waals surface area contributed by atoms with Crippen LogP contribution in [0.15, 0.2) is 11.6 Å². The molecule has 2 aliphatic rings. The van der Waals surface area contributed by atoms with Crippen molar-refractivity contribution in [1.82, 2.24) is 10.3 Å². The molecule has 2 aliphatic carbocycles. The monoisotopic (exact) mass is 252 g/mol. The molecule has 1 aromatic rings. The van der Waals surface area contributed by atoms with Gasteiger partial charge in [-0.2, -0.15) is 0 Å². The van der Waals surface area contributed by atoms with Crippen molar-refractivity contribution in [1.29, 1.82) is 0 Å². The SMILES string of the molecule is COC1CCC(NC2CC2)(c2nccs2)CC1. The average molecular weight is 252 g/mol. The predicted octanol–water partition coefficient (Wildman–Crippen LogP) is 2.68. The van der Waals surface area contributed by atoms with E-state index in [-0.39, 0.29) is 5.54 Å². The first-order chi connectivity index (χ1) is 8.32. The molecule has 2 fully saturated rings. The smallest absolute Gasteiger partial charge is 0.113 e. The molecule has 1 N–H and O–H groups in total. The van der Waals surface area contributed by atoms with Crippen molar-refractivity contribution in [3.05, 3.63) is 16.6 Å². The van der Waals surface area contributed by atoms with Crippen molar-refractivity contribution in [3.63, 3.8) is 0 Å². The molecule has 4 heteroatoms. The number of nitrogens with zero attached hydrogens (tertiary/aromatic N) is 1. The Labute approximate surface area is 107 Å². The van der Waals surface area contributed by atoms with E-state index in [2.05, 4.69) is 15.7 Å². The summed E-state index contributed by atoms with van der Waals surface area (Å²) in [5.41, 5.74) is 0.143. The maximum absolute atomic E-state index is 5.48.